The molecule has 0 aromatic carbocycles. The van der Waals surface area contributed by atoms with E-state index in [0.717, 1.165) is 0 Å². The molecule has 0 fully saturated rings. The van der Waals surface area contributed by atoms with Gasteiger partial charge in [0.15, 0.2) is 0 Å². The molecule has 6 nitrogen and oxygen atoms in total. The summed E-state index contributed by atoms with van der Waals surface area (Å²) in [5.41, 5.74) is -8.28. The van der Waals surface area contributed by atoms with Gasteiger partial charge < -0.3 is 14.8 Å². The smallest absolute Gasteiger partial charge is 0.385 e. The number of halogens is 6. The van der Waals surface area contributed by atoms with Crippen LogP contribution in [0, 0.1) is 0 Å². The molecule has 0 atom stereocenters. The minimum absolute atomic E-state index is 0.109. The number of ether oxygens (including phenoxy) is 2. The maximum atomic E-state index is 12.5. The van der Waals surface area contributed by atoms with Gasteiger partial charge in [0.2, 0.25) is 5.95 Å². The molecule has 1 N–H and O–H groups in total. The van der Waals surface area contributed by atoms with Gasteiger partial charge in [0.25, 0.3) is 0 Å². The van der Waals surface area contributed by atoms with Crippen LogP contribution < -0.4 is 14.8 Å². The highest BCUT2D eigenvalue weighted by atomic mass is 35.5. The summed E-state index contributed by atoms with van der Waals surface area (Å²) in [6, 6.07) is -2.08. The first-order valence-corrected chi connectivity index (χ1v) is 5.47. The molecule has 12 heteroatoms. The normalized spacial score (nSPS) is 11.9. The largest absolute Gasteiger partial charge is 0.489 e. The first-order chi connectivity index (χ1) is 9.09. The summed E-state index contributed by atoms with van der Waals surface area (Å²) < 4.78 is 57.4. The molecule has 0 unspecified atom stereocenters. The number of aromatic nitrogens is 3. The van der Waals surface area contributed by atoms with Crippen LogP contribution in [0.1, 0.15) is 0 Å². The van der Waals surface area contributed by atoms with Crippen LogP contribution in [0.5, 0.6) is 12.0 Å². The fourth-order valence-electron chi connectivity index (χ4n) is 0.879. The monoisotopic (exact) mass is 336 g/mol. The van der Waals surface area contributed by atoms with Crippen molar-refractivity contribution in [2.75, 3.05) is 11.9 Å². The van der Waals surface area contributed by atoms with Crippen LogP contribution in [0.15, 0.2) is 12.7 Å². The van der Waals surface area contributed by atoms with Gasteiger partial charge in [-0.2, -0.15) is 9.97 Å². The molecule has 112 valence electrons. The van der Waals surface area contributed by atoms with Crippen LogP contribution in [0.2, 0.25) is 0 Å². The average molecular weight is 337 g/mol. The van der Waals surface area contributed by atoms with Gasteiger partial charge >= 0.3 is 23.2 Å². The molecule has 0 radical (unpaired) electrons. The highest BCUT2D eigenvalue weighted by Gasteiger charge is 2.32. The molecular weight excluding hydrogens is 331 g/mol. The minimum Gasteiger partial charge on any atom is -0.385 e. The summed E-state index contributed by atoms with van der Waals surface area (Å²) in [5.74, 6) is -0.383. The molecule has 1 heterocycles. The molecule has 0 saturated heterocycles. The summed E-state index contributed by atoms with van der Waals surface area (Å²) in [6.07, 6.45) is 1.37. The second kappa shape index (κ2) is 6.27. The lowest BCUT2D eigenvalue weighted by Gasteiger charge is -2.12. The molecule has 0 aliphatic rings. The second-order valence-electron chi connectivity index (χ2n) is 2.99. The lowest BCUT2D eigenvalue weighted by molar-refractivity contribution is -0.109. The van der Waals surface area contributed by atoms with E-state index >= 15 is 0 Å². The Morgan fingerprint density at radius 1 is 1.05 bits per heavy atom. The number of rotatable bonds is 7. The van der Waals surface area contributed by atoms with E-state index in [1.54, 1.807) is 0 Å². The summed E-state index contributed by atoms with van der Waals surface area (Å²) in [7, 11) is 0. The highest BCUT2D eigenvalue weighted by molar-refractivity contribution is 6.21. The zero-order chi connectivity index (χ0) is 15.4. The van der Waals surface area contributed by atoms with E-state index in [1.807, 2.05) is 0 Å². The fourth-order valence-corrected chi connectivity index (χ4v) is 1.02. The Labute approximate surface area is 119 Å². The van der Waals surface area contributed by atoms with Crippen molar-refractivity contribution >= 4 is 29.2 Å². The SMILES string of the molecule is C=CCNc1nc(OC(F)(F)Cl)nc(OC(F)(F)Cl)n1. The third kappa shape index (κ3) is 6.57. The summed E-state index contributed by atoms with van der Waals surface area (Å²) in [5, 5.41) is 2.43. The number of hydrogen-bond acceptors (Lipinski definition) is 6. The Bertz CT molecular complexity index is 446. The number of nitrogens with one attached hydrogen (secondary N) is 1. The van der Waals surface area contributed by atoms with Gasteiger partial charge in [-0.3, -0.25) is 0 Å². The lowest BCUT2D eigenvalue weighted by atomic mass is 10.6. The standard InChI is InChI=1S/C8H6Cl2F4N4O2/c1-2-3-15-4-16-5(19-7(9,11)12)18-6(17-4)20-8(10,13)14/h2H,1,3H2,(H,15,16,17,18). The van der Waals surface area contributed by atoms with Crippen LogP contribution >= 0.6 is 23.2 Å². The molecule has 0 amide bonds. The fraction of sp³-hybridized carbons (Fsp3) is 0.375. The highest BCUT2D eigenvalue weighted by Crippen LogP contribution is 2.27. The van der Waals surface area contributed by atoms with Crippen molar-refractivity contribution in [3.8, 4) is 12.0 Å². The Balaban J connectivity index is 3.03. The van der Waals surface area contributed by atoms with Gasteiger partial charge in [0.05, 0.1) is 0 Å². The maximum Gasteiger partial charge on any atom is 0.489 e. The number of hydrogen-bond donors (Lipinski definition) is 1. The van der Waals surface area contributed by atoms with Gasteiger partial charge in [-0.25, -0.2) is 0 Å². The molecular formula is C8H6Cl2F4N4O2. The zero-order valence-electron chi connectivity index (χ0n) is 9.42. The molecule has 0 bridgehead atoms. The average Bonchev–Trinajstić information content (AvgIpc) is 2.21. The van der Waals surface area contributed by atoms with Gasteiger partial charge in [0, 0.05) is 29.7 Å². The Hall–Kier alpha value is -1.55. The Morgan fingerprint density at radius 3 is 1.85 bits per heavy atom. The summed E-state index contributed by atoms with van der Waals surface area (Å²) >= 11 is 9.00. The summed E-state index contributed by atoms with van der Waals surface area (Å²) in [4.78, 5) is 9.75. The van der Waals surface area contributed by atoms with E-state index in [2.05, 4.69) is 59.5 Å². The second-order valence-corrected chi connectivity index (χ2v) is 3.87. The van der Waals surface area contributed by atoms with Crippen molar-refractivity contribution in [3.05, 3.63) is 12.7 Å². The Morgan fingerprint density at radius 2 is 1.50 bits per heavy atom. The third-order valence-electron chi connectivity index (χ3n) is 1.41. The van der Waals surface area contributed by atoms with Crippen LogP contribution in [0.3, 0.4) is 0 Å². The molecule has 0 spiro atoms. The van der Waals surface area contributed by atoms with Crippen molar-refractivity contribution in [1.29, 1.82) is 0 Å². The third-order valence-corrected chi connectivity index (χ3v) is 1.57. The molecule has 1 aromatic heterocycles. The van der Waals surface area contributed by atoms with E-state index in [1.165, 1.54) is 6.08 Å². The molecule has 1 aromatic rings. The zero-order valence-corrected chi connectivity index (χ0v) is 10.9. The van der Waals surface area contributed by atoms with E-state index in [4.69, 9.17) is 0 Å². The van der Waals surface area contributed by atoms with Crippen LogP contribution in [0.4, 0.5) is 23.5 Å². The Kier molecular flexibility index (Phi) is 5.17. The van der Waals surface area contributed by atoms with E-state index in [0.29, 0.717) is 0 Å². The van der Waals surface area contributed by atoms with Crippen molar-refractivity contribution in [2.24, 2.45) is 0 Å². The van der Waals surface area contributed by atoms with E-state index in [9.17, 15) is 17.6 Å². The molecule has 0 aliphatic heterocycles. The van der Waals surface area contributed by atoms with Crippen LogP contribution in [-0.4, -0.2) is 32.6 Å². The topological polar surface area (TPSA) is 69.2 Å². The quantitative estimate of drug-likeness (QED) is 0.469. The predicted octanol–water partition coefficient (Wildman–Crippen LogP) is 2.81. The van der Waals surface area contributed by atoms with Gasteiger partial charge in [0.1, 0.15) is 0 Å². The number of alkyl halides is 6. The van der Waals surface area contributed by atoms with Gasteiger partial charge in [-0.15, -0.1) is 29.1 Å². The van der Waals surface area contributed by atoms with Crippen molar-refractivity contribution in [2.45, 2.75) is 11.1 Å². The first-order valence-electron chi connectivity index (χ1n) is 4.71. The molecule has 0 aliphatic carbocycles. The summed E-state index contributed by atoms with van der Waals surface area (Å²) in [6.45, 7) is 3.47. The van der Waals surface area contributed by atoms with Crippen LogP contribution in [0.25, 0.3) is 0 Å². The first kappa shape index (κ1) is 16.5. The number of nitrogens with zero attached hydrogens (tertiary/aromatic N) is 3. The molecule has 1 rings (SSSR count). The van der Waals surface area contributed by atoms with Crippen molar-refractivity contribution in [3.63, 3.8) is 0 Å². The molecule has 0 saturated carbocycles. The van der Waals surface area contributed by atoms with E-state index in [-0.39, 0.29) is 12.5 Å². The van der Waals surface area contributed by atoms with Crippen molar-refractivity contribution in [1.82, 2.24) is 15.0 Å². The lowest BCUT2D eigenvalue weighted by Crippen LogP contribution is -2.21. The van der Waals surface area contributed by atoms with E-state index < -0.39 is 23.2 Å². The maximum absolute atomic E-state index is 12.5. The minimum atomic E-state index is -4.14. The predicted molar refractivity (Wildman–Crippen MR) is 61.4 cm³/mol. The van der Waals surface area contributed by atoms with Crippen molar-refractivity contribution < 1.29 is 27.0 Å². The number of anilines is 1. The van der Waals surface area contributed by atoms with Gasteiger partial charge in [-0.05, 0) is 0 Å². The van der Waals surface area contributed by atoms with Crippen LogP contribution in [-0.2, 0) is 0 Å². The molecule has 20 heavy (non-hydrogen) atoms. The van der Waals surface area contributed by atoms with Gasteiger partial charge in [-0.1, -0.05) is 6.08 Å².